The summed E-state index contributed by atoms with van der Waals surface area (Å²) in [6, 6.07) is 18.3. The number of hydrogen-bond acceptors (Lipinski definition) is 2. The molecular weight excluding hydrogens is 334 g/mol. The minimum Gasteiger partial charge on any atom is -0.318 e. The number of amides is 1. The summed E-state index contributed by atoms with van der Waals surface area (Å²) in [4.78, 5) is 12.1. The number of nitrogens with zero attached hydrogens (tertiary/aromatic N) is 2. The van der Waals surface area contributed by atoms with Gasteiger partial charge in [0.05, 0.1) is 12.6 Å². The molecule has 0 saturated heterocycles. The lowest BCUT2D eigenvalue weighted by Gasteiger charge is -2.09. The fourth-order valence-corrected chi connectivity index (χ4v) is 3.20. The van der Waals surface area contributed by atoms with Gasteiger partial charge >= 0.3 is 0 Å². The van der Waals surface area contributed by atoms with E-state index < -0.39 is 0 Å². The molecule has 0 saturated carbocycles. The monoisotopic (exact) mass is 359 g/mol. The Labute approximate surface area is 160 Å². The van der Waals surface area contributed by atoms with Crippen molar-refractivity contribution in [3.05, 3.63) is 88.2 Å². The van der Waals surface area contributed by atoms with Gasteiger partial charge in [-0.15, -0.1) is 0 Å². The van der Waals surface area contributed by atoms with E-state index in [1.54, 1.807) is 6.21 Å². The zero-order chi connectivity index (χ0) is 19.4. The topological polar surface area (TPSA) is 46.4 Å². The Kier molecular flexibility index (Phi) is 5.55. The van der Waals surface area contributed by atoms with Crippen molar-refractivity contribution < 1.29 is 4.79 Å². The normalized spacial score (nSPS) is 11.1. The van der Waals surface area contributed by atoms with Gasteiger partial charge in [-0.2, -0.15) is 5.10 Å². The molecule has 1 amide bonds. The Morgan fingerprint density at radius 3 is 2.44 bits per heavy atom. The molecule has 4 heteroatoms. The standard InChI is InChI=1S/C23H25N3O/c1-16-10-11-20(12-17(16)2)14-23(27)25-24-15-21-13-18(3)26(19(21)4)22-8-6-5-7-9-22/h5-13,15H,14H2,1-4H3,(H,25,27)/b24-15-. The van der Waals surface area contributed by atoms with E-state index in [1.165, 1.54) is 11.1 Å². The minimum absolute atomic E-state index is 0.119. The average molecular weight is 359 g/mol. The van der Waals surface area contributed by atoms with E-state index in [2.05, 4.69) is 61.0 Å². The van der Waals surface area contributed by atoms with Gasteiger partial charge in [0.15, 0.2) is 0 Å². The van der Waals surface area contributed by atoms with Crippen molar-refractivity contribution >= 4 is 12.1 Å². The van der Waals surface area contributed by atoms with Gasteiger partial charge in [-0.1, -0.05) is 36.4 Å². The van der Waals surface area contributed by atoms with Gasteiger partial charge in [-0.05, 0) is 62.6 Å². The summed E-state index contributed by atoms with van der Waals surface area (Å²) in [6.45, 7) is 8.24. The zero-order valence-corrected chi connectivity index (χ0v) is 16.3. The van der Waals surface area contributed by atoms with Crippen LogP contribution >= 0.6 is 0 Å². The van der Waals surface area contributed by atoms with Crippen molar-refractivity contribution in [3.8, 4) is 5.69 Å². The van der Waals surface area contributed by atoms with Crippen LogP contribution < -0.4 is 5.43 Å². The molecular formula is C23H25N3O. The van der Waals surface area contributed by atoms with Crippen LogP contribution in [-0.2, 0) is 11.2 Å². The Morgan fingerprint density at radius 1 is 1.00 bits per heavy atom. The van der Waals surface area contributed by atoms with Gasteiger partial charge in [0.25, 0.3) is 0 Å². The summed E-state index contributed by atoms with van der Waals surface area (Å²) in [5, 5.41) is 4.15. The van der Waals surface area contributed by atoms with Crippen LogP contribution in [0, 0.1) is 27.7 Å². The second-order valence-corrected chi connectivity index (χ2v) is 6.89. The van der Waals surface area contributed by atoms with E-state index in [9.17, 15) is 4.79 Å². The van der Waals surface area contributed by atoms with Gasteiger partial charge in [-0.25, -0.2) is 5.43 Å². The first-order chi connectivity index (χ1) is 13.0. The highest BCUT2D eigenvalue weighted by atomic mass is 16.2. The molecule has 0 aliphatic rings. The highest BCUT2D eigenvalue weighted by Crippen LogP contribution is 2.19. The van der Waals surface area contributed by atoms with Crippen LogP contribution in [0.2, 0.25) is 0 Å². The second-order valence-electron chi connectivity index (χ2n) is 6.89. The highest BCUT2D eigenvalue weighted by Gasteiger charge is 2.09. The quantitative estimate of drug-likeness (QED) is 0.532. The first-order valence-electron chi connectivity index (χ1n) is 9.08. The molecule has 0 spiro atoms. The molecule has 0 radical (unpaired) electrons. The van der Waals surface area contributed by atoms with Crippen LogP contribution in [0.25, 0.3) is 5.69 Å². The van der Waals surface area contributed by atoms with Crippen molar-refractivity contribution in [1.82, 2.24) is 9.99 Å². The molecule has 2 aromatic carbocycles. The van der Waals surface area contributed by atoms with Crippen molar-refractivity contribution in [3.63, 3.8) is 0 Å². The lowest BCUT2D eigenvalue weighted by molar-refractivity contribution is -0.120. The minimum atomic E-state index is -0.119. The predicted molar refractivity (Wildman–Crippen MR) is 111 cm³/mol. The maximum absolute atomic E-state index is 12.1. The summed E-state index contributed by atoms with van der Waals surface area (Å²) >= 11 is 0. The first-order valence-corrected chi connectivity index (χ1v) is 9.08. The molecule has 3 aromatic rings. The summed E-state index contributed by atoms with van der Waals surface area (Å²) < 4.78 is 2.18. The van der Waals surface area contributed by atoms with E-state index in [0.29, 0.717) is 6.42 Å². The van der Waals surface area contributed by atoms with Crippen LogP contribution in [0.1, 0.15) is 33.6 Å². The van der Waals surface area contributed by atoms with Crippen molar-refractivity contribution in [1.29, 1.82) is 0 Å². The Balaban J connectivity index is 1.68. The molecule has 138 valence electrons. The van der Waals surface area contributed by atoms with Crippen molar-refractivity contribution in [2.75, 3.05) is 0 Å². The van der Waals surface area contributed by atoms with Crippen molar-refractivity contribution in [2.24, 2.45) is 5.10 Å². The summed E-state index contributed by atoms with van der Waals surface area (Å²) in [5.74, 6) is -0.119. The number of para-hydroxylation sites is 1. The Morgan fingerprint density at radius 2 is 1.74 bits per heavy atom. The van der Waals surface area contributed by atoms with Crippen LogP contribution in [0.5, 0.6) is 0 Å². The van der Waals surface area contributed by atoms with Crippen molar-refractivity contribution in [2.45, 2.75) is 34.1 Å². The molecule has 1 aromatic heterocycles. The molecule has 0 aliphatic heterocycles. The number of hydrazone groups is 1. The molecule has 1 heterocycles. The van der Waals surface area contributed by atoms with Gasteiger partial charge in [0.2, 0.25) is 5.91 Å². The number of benzene rings is 2. The van der Waals surface area contributed by atoms with Crippen LogP contribution in [-0.4, -0.2) is 16.7 Å². The smallest absolute Gasteiger partial charge is 0.244 e. The van der Waals surface area contributed by atoms with E-state index in [0.717, 1.165) is 28.2 Å². The van der Waals surface area contributed by atoms with Gasteiger partial charge in [-0.3, -0.25) is 4.79 Å². The first kappa shape index (κ1) is 18.6. The third-order valence-electron chi connectivity index (χ3n) is 4.81. The number of aromatic nitrogens is 1. The van der Waals surface area contributed by atoms with Crippen LogP contribution in [0.3, 0.4) is 0 Å². The number of nitrogens with one attached hydrogen (secondary N) is 1. The third-order valence-corrected chi connectivity index (χ3v) is 4.81. The maximum atomic E-state index is 12.1. The summed E-state index contributed by atoms with van der Waals surface area (Å²) in [7, 11) is 0. The lowest BCUT2D eigenvalue weighted by atomic mass is 10.0. The SMILES string of the molecule is Cc1ccc(CC(=O)N/N=C\c2cc(C)n(-c3ccccc3)c2C)cc1C. The Hall–Kier alpha value is -3.14. The predicted octanol–water partition coefficient (Wildman–Crippen LogP) is 4.40. The molecule has 0 aliphatic carbocycles. The molecule has 1 N–H and O–H groups in total. The van der Waals surface area contributed by atoms with Gasteiger partial charge < -0.3 is 4.57 Å². The molecule has 3 rings (SSSR count). The molecule has 27 heavy (non-hydrogen) atoms. The van der Waals surface area contributed by atoms with E-state index in [1.807, 2.05) is 36.4 Å². The number of hydrogen-bond donors (Lipinski definition) is 1. The molecule has 0 unspecified atom stereocenters. The number of aryl methyl sites for hydroxylation is 3. The van der Waals surface area contributed by atoms with Crippen LogP contribution in [0.4, 0.5) is 0 Å². The molecule has 0 bridgehead atoms. The lowest BCUT2D eigenvalue weighted by Crippen LogP contribution is -2.19. The summed E-state index contributed by atoms with van der Waals surface area (Å²) in [6.07, 6.45) is 2.03. The number of carbonyl (C=O) groups is 1. The molecule has 4 nitrogen and oxygen atoms in total. The fourth-order valence-electron chi connectivity index (χ4n) is 3.20. The maximum Gasteiger partial charge on any atom is 0.244 e. The third kappa shape index (κ3) is 4.34. The highest BCUT2D eigenvalue weighted by molar-refractivity contribution is 5.84. The zero-order valence-electron chi connectivity index (χ0n) is 16.3. The van der Waals surface area contributed by atoms with Gasteiger partial charge in [0.1, 0.15) is 0 Å². The van der Waals surface area contributed by atoms with E-state index in [-0.39, 0.29) is 5.91 Å². The molecule has 0 atom stereocenters. The van der Waals surface area contributed by atoms with E-state index >= 15 is 0 Å². The average Bonchev–Trinajstić information content (AvgIpc) is 2.92. The molecule has 0 fully saturated rings. The van der Waals surface area contributed by atoms with Gasteiger partial charge in [0, 0.05) is 22.6 Å². The summed E-state index contributed by atoms with van der Waals surface area (Å²) in [5.41, 5.74) is 10.4. The number of rotatable bonds is 5. The fraction of sp³-hybridized carbons (Fsp3) is 0.217. The Bertz CT molecular complexity index is 984. The second kappa shape index (κ2) is 8.04. The van der Waals surface area contributed by atoms with Crippen LogP contribution in [0.15, 0.2) is 59.7 Å². The largest absolute Gasteiger partial charge is 0.318 e. The number of carbonyl (C=O) groups excluding carboxylic acids is 1. The van der Waals surface area contributed by atoms with E-state index in [4.69, 9.17) is 0 Å².